The van der Waals surface area contributed by atoms with E-state index in [1.807, 2.05) is 0 Å². The molecule has 1 aromatic heterocycles. The van der Waals surface area contributed by atoms with Crippen molar-refractivity contribution in [1.29, 1.82) is 0 Å². The molecule has 118 valence electrons. The fourth-order valence-electron chi connectivity index (χ4n) is 1.97. The molecule has 21 heavy (non-hydrogen) atoms. The number of hydrogen-bond donors (Lipinski definition) is 1. The average Bonchev–Trinajstić information content (AvgIpc) is 3.25. The number of anilines is 1. The van der Waals surface area contributed by atoms with E-state index < -0.39 is 11.9 Å². The summed E-state index contributed by atoms with van der Waals surface area (Å²) in [6.07, 6.45) is -2.03. The van der Waals surface area contributed by atoms with Crippen LogP contribution in [0.2, 0.25) is 0 Å². The van der Waals surface area contributed by atoms with Crippen molar-refractivity contribution in [3.05, 3.63) is 23.4 Å². The van der Waals surface area contributed by atoms with Gasteiger partial charge in [-0.3, -0.25) is 0 Å². The molecular formula is C14H20F3N3O. The molecule has 0 amide bonds. The maximum absolute atomic E-state index is 12.7. The van der Waals surface area contributed by atoms with E-state index in [1.54, 1.807) is 11.9 Å². The lowest BCUT2D eigenvalue weighted by atomic mass is 10.2. The molecule has 0 aromatic carbocycles. The smallest absolute Gasteiger partial charge is 0.379 e. The molecule has 2 rings (SSSR count). The summed E-state index contributed by atoms with van der Waals surface area (Å²) in [6.45, 7) is 1.82. The first-order chi connectivity index (χ1) is 9.91. The van der Waals surface area contributed by atoms with Crippen molar-refractivity contribution in [3.8, 4) is 0 Å². The lowest BCUT2D eigenvalue weighted by Gasteiger charge is -2.22. The van der Waals surface area contributed by atoms with Crippen LogP contribution in [0.3, 0.4) is 0 Å². The quantitative estimate of drug-likeness (QED) is 0.786. The van der Waals surface area contributed by atoms with Crippen molar-refractivity contribution < 1.29 is 17.9 Å². The number of hydrogen-bond acceptors (Lipinski definition) is 4. The molecule has 2 N–H and O–H groups in total. The monoisotopic (exact) mass is 303 g/mol. The minimum Gasteiger partial charge on any atom is -0.379 e. The highest BCUT2D eigenvalue weighted by Crippen LogP contribution is 2.30. The Morgan fingerprint density at radius 1 is 1.38 bits per heavy atom. The first-order valence-corrected chi connectivity index (χ1v) is 6.98. The van der Waals surface area contributed by atoms with Gasteiger partial charge in [-0.15, -0.1) is 0 Å². The van der Waals surface area contributed by atoms with Crippen LogP contribution >= 0.6 is 0 Å². The molecule has 0 aliphatic heterocycles. The molecule has 1 heterocycles. The minimum absolute atomic E-state index is 0.147. The van der Waals surface area contributed by atoms with Gasteiger partial charge in [0.05, 0.1) is 6.61 Å². The molecule has 4 nitrogen and oxygen atoms in total. The van der Waals surface area contributed by atoms with Crippen LogP contribution in [0.1, 0.15) is 24.1 Å². The highest BCUT2D eigenvalue weighted by molar-refractivity contribution is 5.47. The number of rotatable bonds is 7. The fraction of sp³-hybridized carbons (Fsp3) is 0.643. The number of pyridine rings is 1. The maximum Gasteiger partial charge on any atom is 0.433 e. The predicted octanol–water partition coefficient (Wildman–Crippen LogP) is 2.42. The first kappa shape index (κ1) is 16.0. The number of halogens is 3. The predicted molar refractivity (Wildman–Crippen MR) is 73.9 cm³/mol. The molecule has 1 aromatic rings. The Balaban J connectivity index is 2.00. The van der Waals surface area contributed by atoms with Crippen LogP contribution in [0.5, 0.6) is 0 Å². The highest BCUT2D eigenvalue weighted by Gasteiger charge is 2.33. The summed E-state index contributed by atoms with van der Waals surface area (Å²) >= 11 is 0. The van der Waals surface area contributed by atoms with Crippen LogP contribution < -0.4 is 10.6 Å². The summed E-state index contributed by atoms with van der Waals surface area (Å²) in [4.78, 5) is 5.36. The van der Waals surface area contributed by atoms with Crippen LogP contribution in [0.15, 0.2) is 12.1 Å². The molecule has 7 heteroatoms. The number of aromatic nitrogens is 1. The van der Waals surface area contributed by atoms with E-state index in [0.29, 0.717) is 24.6 Å². The Hall–Kier alpha value is -1.34. The second kappa shape index (κ2) is 6.62. The standard InChI is InChI=1S/C14H20F3N3O/c1-20(6-7-21-9-10-2-3-10)13-11(8-18)4-5-12(19-13)14(15,16)17/h4-5,10H,2-3,6-9,18H2,1H3. The highest BCUT2D eigenvalue weighted by atomic mass is 19.4. The van der Waals surface area contributed by atoms with E-state index in [2.05, 4.69) is 4.98 Å². The summed E-state index contributed by atoms with van der Waals surface area (Å²) in [6, 6.07) is 2.34. The van der Waals surface area contributed by atoms with Gasteiger partial charge in [-0.25, -0.2) is 4.98 Å². The van der Waals surface area contributed by atoms with Gasteiger partial charge in [0.1, 0.15) is 11.5 Å². The van der Waals surface area contributed by atoms with E-state index in [1.165, 1.54) is 18.9 Å². The topological polar surface area (TPSA) is 51.4 Å². The Labute approximate surface area is 122 Å². The van der Waals surface area contributed by atoms with Crippen LogP contribution in [-0.2, 0) is 17.5 Å². The third-order valence-electron chi connectivity index (χ3n) is 3.45. The van der Waals surface area contributed by atoms with Crippen LogP contribution in [0.25, 0.3) is 0 Å². The lowest BCUT2D eigenvalue weighted by Crippen LogP contribution is -2.26. The van der Waals surface area contributed by atoms with E-state index in [0.717, 1.165) is 12.7 Å². The van der Waals surface area contributed by atoms with Gasteiger partial charge in [0.2, 0.25) is 0 Å². The van der Waals surface area contributed by atoms with Crippen molar-refractivity contribution in [2.75, 3.05) is 31.7 Å². The number of alkyl halides is 3. The molecule has 1 fully saturated rings. The molecule has 1 saturated carbocycles. The molecule has 0 unspecified atom stereocenters. The molecule has 0 atom stereocenters. The van der Waals surface area contributed by atoms with Gasteiger partial charge in [0.15, 0.2) is 0 Å². The summed E-state index contributed by atoms with van der Waals surface area (Å²) in [5.74, 6) is 0.934. The second-order valence-corrected chi connectivity index (χ2v) is 5.32. The molecule has 1 aliphatic rings. The summed E-state index contributed by atoms with van der Waals surface area (Å²) in [5.41, 5.74) is 5.26. The van der Waals surface area contributed by atoms with Crippen molar-refractivity contribution in [2.45, 2.75) is 25.6 Å². The van der Waals surface area contributed by atoms with Crippen molar-refractivity contribution in [1.82, 2.24) is 4.98 Å². The minimum atomic E-state index is -4.45. The third-order valence-corrected chi connectivity index (χ3v) is 3.45. The molecule has 0 radical (unpaired) electrons. The van der Waals surface area contributed by atoms with Gasteiger partial charge >= 0.3 is 6.18 Å². The Morgan fingerprint density at radius 2 is 2.10 bits per heavy atom. The third kappa shape index (κ3) is 4.57. The molecule has 0 bridgehead atoms. The number of likely N-dealkylation sites (N-methyl/N-ethyl adjacent to an activating group) is 1. The number of ether oxygens (including phenoxy) is 1. The first-order valence-electron chi connectivity index (χ1n) is 6.98. The Bertz CT molecular complexity index is 475. The summed E-state index contributed by atoms with van der Waals surface area (Å²) < 4.78 is 43.7. The lowest BCUT2D eigenvalue weighted by molar-refractivity contribution is -0.141. The zero-order valence-electron chi connectivity index (χ0n) is 12.0. The zero-order valence-corrected chi connectivity index (χ0v) is 12.0. The summed E-state index contributed by atoms with van der Waals surface area (Å²) in [7, 11) is 1.70. The molecule has 0 saturated heterocycles. The number of nitrogens with zero attached hydrogens (tertiary/aromatic N) is 2. The molecule has 0 spiro atoms. The van der Waals surface area contributed by atoms with Crippen molar-refractivity contribution >= 4 is 5.82 Å². The Kier molecular flexibility index (Phi) is 5.05. The van der Waals surface area contributed by atoms with Gasteiger partial charge < -0.3 is 15.4 Å². The second-order valence-electron chi connectivity index (χ2n) is 5.32. The van der Waals surface area contributed by atoms with Gasteiger partial charge in [0.25, 0.3) is 0 Å². The SMILES string of the molecule is CN(CCOCC1CC1)c1nc(C(F)(F)F)ccc1CN. The van der Waals surface area contributed by atoms with Gasteiger partial charge in [-0.2, -0.15) is 13.2 Å². The molecule has 1 aliphatic carbocycles. The van der Waals surface area contributed by atoms with E-state index in [4.69, 9.17) is 10.5 Å². The van der Waals surface area contributed by atoms with E-state index >= 15 is 0 Å². The van der Waals surface area contributed by atoms with Gasteiger partial charge in [-0.05, 0) is 24.8 Å². The maximum atomic E-state index is 12.7. The number of nitrogens with two attached hydrogens (primary N) is 1. The van der Waals surface area contributed by atoms with Gasteiger partial charge in [-0.1, -0.05) is 6.07 Å². The van der Waals surface area contributed by atoms with Crippen LogP contribution in [0.4, 0.5) is 19.0 Å². The van der Waals surface area contributed by atoms with E-state index in [9.17, 15) is 13.2 Å². The summed E-state index contributed by atoms with van der Waals surface area (Å²) in [5, 5.41) is 0. The van der Waals surface area contributed by atoms with Crippen LogP contribution in [-0.4, -0.2) is 31.8 Å². The van der Waals surface area contributed by atoms with Crippen LogP contribution in [0, 0.1) is 5.92 Å². The fourth-order valence-corrected chi connectivity index (χ4v) is 1.97. The van der Waals surface area contributed by atoms with E-state index in [-0.39, 0.29) is 12.4 Å². The largest absolute Gasteiger partial charge is 0.433 e. The Morgan fingerprint density at radius 3 is 2.67 bits per heavy atom. The van der Waals surface area contributed by atoms with Crippen molar-refractivity contribution in [3.63, 3.8) is 0 Å². The van der Waals surface area contributed by atoms with Gasteiger partial charge in [0, 0.05) is 32.3 Å². The van der Waals surface area contributed by atoms with Crippen molar-refractivity contribution in [2.24, 2.45) is 11.7 Å². The average molecular weight is 303 g/mol. The zero-order chi connectivity index (χ0) is 15.5. The normalized spacial score (nSPS) is 15.3. The molecular weight excluding hydrogens is 283 g/mol.